The van der Waals surface area contributed by atoms with Gasteiger partial charge in [0.15, 0.2) is 0 Å². The SMILES string of the molecule is C[C@H](N[P@](=O)(OC[C@@]1(C#N)O[C@@H](c2ccc3c(N)ccnn23)[C@H](O)[C@@H]1O)Oc1ccccc1)C(=O)OC1CCCCC1. The molecule has 224 valence electrons. The van der Waals surface area contributed by atoms with Crippen LogP contribution in [0.4, 0.5) is 5.69 Å². The van der Waals surface area contributed by atoms with Crippen LogP contribution in [0, 0.1) is 11.3 Å². The van der Waals surface area contributed by atoms with Gasteiger partial charge < -0.3 is 29.9 Å². The number of fused-ring (bicyclic) bond motifs is 1. The molecule has 0 bridgehead atoms. The Balaban J connectivity index is 1.35. The highest BCUT2D eigenvalue weighted by atomic mass is 31.2. The molecule has 13 nitrogen and oxygen atoms in total. The van der Waals surface area contributed by atoms with Crippen molar-refractivity contribution in [3.05, 3.63) is 60.4 Å². The predicted octanol–water partition coefficient (Wildman–Crippen LogP) is 3.03. The van der Waals surface area contributed by atoms with Gasteiger partial charge in [-0.25, -0.2) is 9.08 Å². The third kappa shape index (κ3) is 6.15. The molecular formula is C28H34N5O8P. The fourth-order valence-electron chi connectivity index (χ4n) is 5.19. The van der Waals surface area contributed by atoms with Crippen LogP contribution in [0.2, 0.25) is 0 Å². The molecule has 42 heavy (non-hydrogen) atoms. The Labute approximate surface area is 242 Å². The number of nitrogen functional groups attached to an aromatic ring is 1. The molecule has 1 saturated heterocycles. The molecule has 5 rings (SSSR count). The first kappa shape index (κ1) is 30.0. The van der Waals surface area contributed by atoms with Crippen molar-refractivity contribution in [2.75, 3.05) is 12.3 Å². The topological polar surface area (TPSA) is 191 Å². The lowest BCUT2D eigenvalue weighted by Crippen LogP contribution is -2.46. The highest BCUT2D eigenvalue weighted by molar-refractivity contribution is 7.52. The lowest BCUT2D eigenvalue weighted by atomic mass is 9.96. The maximum absolute atomic E-state index is 14.0. The van der Waals surface area contributed by atoms with Crippen LogP contribution < -0.4 is 15.3 Å². The number of nitriles is 1. The number of nitrogens with two attached hydrogens (primary N) is 1. The second-order valence-corrected chi connectivity index (χ2v) is 12.2. The Morgan fingerprint density at radius 1 is 1.24 bits per heavy atom. The summed E-state index contributed by atoms with van der Waals surface area (Å²) < 4.78 is 38.3. The Kier molecular flexibility index (Phi) is 8.84. The molecule has 2 fully saturated rings. The van der Waals surface area contributed by atoms with E-state index < -0.39 is 50.3 Å². The summed E-state index contributed by atoms with van der Waals surface area (Å²) in [5.41, 5.74) is 5.17. The smallest absolute Gasteiger partial charge is 0.459 e. The van der Waals surface area contributed by atoms with Gasteiger partial charge in [0.25, 0.3) is 0 Å². The Morgan fingerprint density at radius 2 is 1.98 bits per heavy atom. The van der Waals surface area contributed by atoms with E-state index in [1.54, 1.807) is 48.5 Å². The first-order valence-corrected chi connectivity index (χ1v) is 15.3. The van der Waals surface area contributed by atoms with Gasteiger partial charge in [0.2, 0.25) is 5.60 Å². The molecule has 14 heteroatoms. The number of esters is 1. The van der Waals surface area contributed by atoms with Gasteiger partial charge in [-0.15, -0.1) is 0 Å². The zero-order valence-electron chi connectivity index (χ0n) is 23.0. The molecule has 0 radical (unpaired) electrons. The third-order valence-corrected chi connectivity index (χ3v) is 9.13. The number of hydrogen-bond acceptors (Lipinski definition) is 11. The van der Waals surface area contributed by atoms with Crippen molar-refractivity contribution in [3.63, 3.8) is 0 Å². The second-order valence-electron chi connectivity index (χ2n) is 10.5. The minimum Gasteiger partial charge on any atom is -0.461 e. The van der Waals surface area contributed by atoms with Crippen LogP contribution >= 0.6 is 7.75 Å². The van der Waals surface area contributed by atoms with Gasteiger partial charge in [-0.1, -0.05) is 24.6 Å². The molecule has 3 heterocycles. The van der Waals surface area contributed by atoms with Crippen molar-refractivity contribution in [3.8, 4) is 11.8 Å². The summed E-state index contributed by atoms with van der Waals surface area (Å²) in [6.45, 7) is 0.686. The number of nitrogens with one attached hydrogen (secondary N) is 1. The van der Waals surface area contributed by atoms with Gasteiger partial charge in [-0.05, 0) is 62.9 Å². The maximum Gasteiger partial charge on any atom is 0.459 e. The normalized spacial score (nSPS) is 26.8. The van der Waals surface area contributed by atoms with Gasteiger partial charge in [0.05, 0.1) is 16.9 Å². The van der Waals surface area contributed by atoms with Crippen LogP contribution in [0.3, 0.4) is 0 Å². The molecule has 0 spiro atoms. The average molecular weight is 600 g/mol. The van der Waals surface area contributed by atoms with E-state index in [0.717, 1.165) is 32.1 Å². The van der Waals surface area contributed by atoms with Crippen molar-refractivity contribution in [2.24, 2.45) is 0 Å². The predicted molar refractivity (Wildman–Crippen MR) is 150 cm³/mol. The monoisotopic (exact) mass is 599 g/mol. The Bertz CT molecular complexity index is 1490. The van der Waals surface area contributed by atoms with Gasteiger partial charge in [0.1, 0.15) is 48.9 Å². The summed E-state index contributed by atoms with van der Waals surface area (Å²) in [4.78, 5) is 12.8. The first-order valence-electron chi connectivity index (χ1n) is 13.8. The summed E-state index contributed by atoms with van der Waals surface area (Å²) in [7, 11) is -4.39. The number of aliphatic hydroxyl groups excluding tert-OH is 2. The molecule has 2 aliphatic rings. The minimum atomic E-state index is -4.39. The van der Waals surface area contributed by atoms with Crippen molar-refractivity contribution < 1.29 is 38.1 Å². The van der Waals surface area contributed by atoms with Crippen LogP contribution in [0.15, 0.2) is 54.7 Å². The number of nitrogens with zero attached hydrogens (tertiary/aromatic N) is 3. The van der Waals surface area contributed by atoms with Crippen LogP contribution in [0.5, 0.6) is 5.75 Å². The van der Waals surface area contributed by atoms with Gasteiger partial charge in [-0.3, -0.25) is 9.32 Å². The molecule has 6 atom stereocenters. The maximum atomic E-state index is 14.0. The lowest BCUT2D eigenvalue weighted by Gasteiger charge is -2.29. The van der Waals surface area contributed by atoms with Crippen LogP contribution in [-0.2, 0) is 23.4 Å². The zero-order valence-corrected chi connectivity index (χ0v) is 23.9. The van der Waals surface area contributed by atoms with E-state index in [1.165, 1.54) is 17.6 Å². The molecule has 3 aromatic rings. The van der Waals surface area contributed by atoms with E-state index >= 15 is 0 Å². The van der Waals surface area contributed by atoms with E-state index in [1.807, 2.05) is 6.07 Å². The van der Waals surface area contributed by atoms with Crippen molar-refractivity contribution in [2.45, 2.75) is 75.1 Å². The molecule has 2 aromatic heterocycles. The van der Waals surface area contributed by atoms with Gasteiger partial charge >= 0.3 is 13.7 Å². The Morgan fingerprint density at radius 3 is 2.69 bits per heavy atom. The lowest BCUT2D eigenvalue weighted by molar-refractivity contribution is -0.152. The number of carbonyl (C=O) groups is 1. The summed E-state index contributed by atoms with van der Waals surface area (Å²) in [5, 5.41) is 38.9. The number of para-hydroxylation sites is 1. The van der Waals surface area contributed by atoms with E-state index in [4.69, 9.17) is 24.3 Å². The quantitative estimate of drug-likeness (QED) is 0.197. The number of anilines is 1. The minimum absolute atomic E-state index is 0.168. The number of aromatic nitrogens is 2. The number of benzene rings is 1. The van der Waals surface area contributed by atoms with Gasteiger partial charge in [-0.2, -0.15) is 15.4 Å². The third-order valence-electron chi connectivity index (χ3n) is 7.50. The van der Waals surface area contributed by atoms with Crippen molar-refractivity contribution in [1.82, 2.24) is 14.7 Å². The summed E-state index contributed by atoms with van der Waals surface area (Å²) in [5.74, 6) is -0.460. The molecule has 5 N–H and O–H groups in total. The van der Waals surface area contributed by atoms with E-state index in [2.05, 4.69) is 10.2 Å². The van der Waals surface area contributed by atoms with Crippen molar-refractivity contribution >= 4 is 24.9 Å². The van der Waals surface area contributed by atoms with Gasteiger partial charge in [0, 0.05) is 6.20 Å². The first-order chi connectivity index (χ1) is 20.1. The standard InChI is InChI=1S/C28H34N5O8P/c1-18(27(36)39-19-8-4-2-5-9-19)32-42(37,41-20-10-6-3-7-11-20)38-17-28(16-29)26(35)24(34)25(40-28)23-13-12-22-21(30)14-15-31-33(22)23/h3,6-7,10-15,18-19,24-26,34-35H,2,4-5,8-9,17,30H2,1H3,(H,32,37)/t18-,24-,25-,26-,28+,42-/m0/s1. The van der Waals surface area contributed by atoms with E-state index in [9.17, 15) is 24.8 Å². The fraction of sp³-hybridized carbons (Fsp3) is 0.464. The average Bonchev–Trinajstić information content (AvgIpc) is 3.53. The Hall–Kier alpha value is -3.50. The molecule has 0 amide bonds. The molecule has 1 aliphatic carbocycles. The molecule has 1 aromatic carbocycles. The molecule has 0 unspecified atom stereocenters. The highest BCUT2D eigenvalue weighted by Gasteiger charge is 2.57. The largest absolute Gasteiger partial charge is 0.461 e. The van der Waals surface area contributed by atoms with Crippen LogP contribution in [-0.4, -0.2) is 62.4 Å². The fourth-order valence-corrected chi connectivity index (χ4v) is 6.71. The molecule has 1 saturated carbocycles. The van der Waals surface area contributed by atoms with Crippen LogP contribution in [0.25, 0.3) is 5.52 Å². The highest BCUT2D eigenvalue weighted by Crippen LogP contribution is 2.48. The number of aliphatic hydroxyl groups is 2. The van der Waals surface area contributed by atoms with E-state index in [-0.39, 0.29) is 11.9 Å². The number of hydrogen-bond donors (Lipinski definition) is 4. The van der Waals surface area contributed by atoms with Crippen LogP contribution in [0.1, 0.15) is 50.8 Å². The zero-order chi connectivity index (χ0) is 29.9. The number of carbonyl (C=O) groups excluding carboxylic acids is 1. The number of ether oxygens (including phenoxy) is 2. The second kappa shape index (κ2) is 12.4. The van der Waals surface area contributed by atoms with Crippen molar-refractivity contribution in [1.29, 1.82) is 5.26 Å². The molecular weight excluding hydrogens is 565 g/mol. The molecule has 1 aliphatic heterocycles. The number of rotatable bonds is 10. The summed E-state index contributed by atoms with van der Waals surface area (Å²) in [6, 6.07) is 13.8. The summed E-state index contributed by atoms with van der Waals surface area (Å²) in [6.07, 6.45) is 1.25. The summed E-state index contributed by atoms with van der Waals surface area (Å²) >= 11 is 0. The van der Waals surface area contributed by atoms with E-state index in [0.29, 0.717) is 16.9 Å².